The maximum atomic E-state index is 4.45. The van der Waals surface area contributed by atoms with Gasteiger partial charge in [-0.15, -0.1) is 0 Å². The molecule has 0 bridgehead atoms. The largest absolute Gasteiger partial charge is 0.373 e. The molecule has 2 aromatic rings. The van der Waals surface area contributed by atoms with Crippen molar-refractivity contribution in [2.24, 2.45) is 0 Å². The Morgan fingerprint density at radius 2 is 1.79 bits per heavy atom. The smallest absolute Gasteiger partial charge is 0.135 e. The van der Waals surface area contributed by atoms with Crippen molar-refractivity contribution in [2.45, 2.75) is 20.4 Å². The molecule has 1 aromatic carbocycles. The summed E-state index contributed by atoms with van der Waals surface area (Å²) in [6, 6.07) is 8.15. The highest BCUT2D eigenvalue weighted by atomic mass is 79.9. The normalized spacial score (nSPS) is 10.3. The summed E-state index contributed by atoms with van der Waals surface area (Å²) in [6.45, 7) is 4.62. The molecule has 0 saturated carbocycles. The molecule has 2 rings (SSSR count). The van der Waals surface area contributed by atoms with E-state index >= 15 is 0 Å². The molecule has 0 unspecified atom stereocenters. The van der Waals surface area contributed by atoms with Gasteiger partial charge in [0.2, 0.25) is 0 Å². The van der Waals surface area contributed by atoms with E-state index in [2.05, 4.69) is 42.6 Å². The standard InChI is InChI=1S/C14H17BrN4/c1-9-13(16-3)18-10(2)19-14(9)17-8-11-6-4-5-7-12(11)15/h4-7H,8H2,1-3H3,(H2,16,17,18,19). The topological polar surface area (TPSA) is 49.8 Å². The first-order chi connectivity index (χ1) is 9.11. The van der Waals surface area contributed by atoms with E-state index in [0.29, 0.717) is 0 Å². The minimum absolute atomic E-state index is 0.724. The number of nitrogens with one attached hydrogen (secondary N) is 2. The van der Waals surface area contributed by atoms with Crippen molar-refractivity contribution in [1.82, 2.24) is 9.97 Å². The van der Waals surface area contributed by atoms with Crippen LogP contribution in [0.1, 0.15) is 17.0 Å². The Kier molecular flexibility index (Phi) is 4.37. The molecule has 1 heterocycles. The summed E-state index contributed by atoms with van der Waals surface area (Å²) < 4.78 is 1.10. The Balaban J connectivity index is 2.20. The Hall–Kier alpha value is -1.62. The van der Waals surface area contributed by atoms with Crippen LogP contribution >= 0.6 is 15.9 Å². The van der Waals surface area contributed by atoms with Gasteiger partial charge in [0.05, 0.1) is 0 Å². The number of anilines is 2. The quantitative estimate of drug-likeness (QED) is 0.905. The first-order valence-electron chi connectivity index (χ1n) is 6.12. The lowest BCUT2D eigenvalue weighted by molar-refractivity contribution is 1.00. The fourth-order valence-electron chi connectivity index (χ4n) is 1.86. The molecule has 4 nitrogen and oxygen atoms in total. The van der Waals surface area contributed by atoms with Crippen molar-refractivity contribution in [1.29, 1.82) is 0 Å². The van der Waals surface area contributed by atoms with Crippen LogP contribution in [-0.2, 0) is 6.54 Å². The number of benzene rings is 1. The second kappa shape index (κ2) is 6.02. The lowest BCUT2D eigenvalue weighted by atomic mass is 10.2. The highest BCUT2D eigenvalue weighted by Crippen LogP contribution is 2.21. The molecule has 0 fully saturated rings. The van der Waals surface area contributed by atoms with Crippen LogP contribution in [0.15, 0.2) is 28.7 Å². The van der Waals surface area contributed by atoms with E-state index in [-0.39, 0.29) is 0 Å². The number of hydrogen-bond acceptors (Lipinski definition) is 4. The number of hydrogen-bond donors (Lipinski definition) is 2. The van der Waals surface area contributed by atoms with Crippen LogP contribution in [0.4, 0.5) is 11.6 Å². The predicted octanol–water partition coefficient (Wildman–Crippen LogP) is 3.51. The van der Waals surface area contributed by atoms with Gasteiger partial charge in [0.1, 0.15) is 17.5 Å². The summed E-state index contributed by atoms with van der Waals surface area (Å²) in [5.41, 5.74) is 2.23. The summed E-state index contributed by atoms with van der Waals surface area (Å²) >= 11 is 3.55. The Morgan fingerprint density at radius 1 is 1.11 bits per heavy atom. The maximum Gasteiger partial charge on any atom is 0.135 e. The van der Waals surface area contributed by atoms with Gasteiger partial charge < -0.3 is 10.6 Å². The Labute approximate surface area is 121 Å². The number of nitrogens with zero attached hydrogens (tertiary/aromatic N) is 2. The second-order valence-electron chi connectivity index (χ2n) is 4.29. The maximum absolute atomic E-state index is 4.45. The average molecular weight is 321 g/mol. The third-order valence-electron chi connectivity index (χ3n) is 2.90. The molecular formula is C14H17BrN4. The van der Waals surface area contributed by atoms with E-state index in [1.165, 1.54) is 5.56 Å². The molecule has 0 amide bonds. The van der Waals surface area contributed by atoms with Gasteiger partial charge in [0.25, 0.3) is 0 Å². The van der Waals surface area contributed by atoms with Crippen molar-refractivity contribution in [3.63, 3.8) is 0 Å². The molecule has 5 heteroatoms. The molecule has 0 radical (unpaired) electrons. The van der Waals surface area contributed by atoms with Gasteiger partial charge in [-0.25, -0.2) is 9.97 Å². The molecule has 19 heavy (non-hydrogen) atoms. The Morgan fingerprint density at radius 3 is 2.47 bits per heavy atom. The van der Waals surface area contributed by atoms with Crippen LogP contribution in [0.25, 0.3) is 0 Å². The first-order valence-corrected chi connectivity index (χ1v) is 6.91. The van der Waals surface area contributed by atoms with Crippen LogP contribution in [0.5, 0.6) is 0 Å². The summed E-state index contributed by atoms with van der Waals surface area (Å²) in [5.74, 6) is 2.49. The van der Waals surface area contributed by atoms with Gasteiger partial charge in [-0.1, -0.05) is 34.1 Å². The van der Waals surface area contributed by atoms with E-state index in [4.69, 9.17) is 0 Å². The van der Waals surface area contributed by atoms with Gasteiger partial charge in [-0.2, -0.15) is 0 Å². The summed E-state index contributed by atoms with van der Waals surface area (Å²) in [7, 11) is 1.87. The van der Waals surface area contributed by atoms with E-state index in [1.807, 2.05) is 39.1 Å². The SMILES string of the molecule is CNc1nc(C)nc(NCc2ccccc2Br)c1C. The Bertz CT molecular complexity index is 584. The molecule has 0 saturated heterocycles. The van der Waals surface area contributed by atoms with Crippen LogP contribution in [0.3, 0.4) is 0 Å². The van der Waals surface area contributed by atoms with Crippen LogP contribution in [0.2, 0.25) is 0 Å². The number of aromatic nitrogens is 2. The van der Waals surface area contributed by atoms with Crippen molar-refractivity contribution in [3.8, 4) is 0 Å². The average Bonchev–Trinajstić information content (AvgIpc) is 2.41. The van der Waals surface area contributed by atoms with Crippen molar-refractivity contribution in [3.05, 3.63) is 45.7 Å². The first kappa shape index (κ1) is 13.8. The van der Waals surface area contributed by atoms with E-state index < -0.39 is 0 Å². The van der Waals surface area contributed by atoms with Gasteiger partial charge >= 0.3 is 0 Å². The zero-order valence-electron chi connectivity index (χ0n) is 11.3. The molecule has 100 valence electrons. The van der Waals surface area contributed by atoms with Gasteiger partial charge in [0, 0.05) is 23.6 Å². The predicted molar refractivity (Wildman–Crippen MR) is 82.5 cm³/mol. The molecule has 0 spiro atoms. The third kappa shape index (κ3) is 3.23. The number of rotatable bonds is 4. The van der Waals surface area contributed by atoms with Gasteiger partial charge in [0.15, 0.2) is 0 Å². The monoisotopic (exact) mass is 320 g/mol. The third-order valence-corrected chi connectivity index (χ3v) is 3.67. The highest BCUT2D eigenvalue weighted by Gasteiger charge is 2.08. The zero-order valence-corrected chi connectivity index (χ0v) is 12.9. The van der Waals surface area contributed by atoms with Crippen LogP contribution in [-0.4, -0.2) is 17.0 Å². The minimum Gasteiger partial charge on any atom is -0.373 e. The van der Waals surface area contributed by atoms with Crippen LogP contribution < -0.4 is 10.6 Å². The lowest BCUT2D eigenvalue weighted by Gasteiger charge is -2.13. The highest BCUT2D eigenvalue weighted by molar-refractivity contribution is 9.10. The van der Waals surface area contributed by atoms with Crippen molar-refractivity contribution in [2.75, 3.05) is 17.7 Å². The second-order valence-corrected chi connectivity index (χ2v) is 5.14. The molecule has 1 aromatic heterocycles. The fraction of sp³-hybridized carbons (Fsp3) is 0.286. The van der Waals surface area contributed by atoms with Crippen LogP contribution in [0, 0.1) is 13.8 Å². The number of halogens is 1. The van der Waals surface area contributed by atoms with E-state index in [9.17, 15) is 0 Å². The van der Waals surface area contributed by atoms with Crippen molar-refractivity contribution >= 4 is 27.6 Å². The van der Waals surface area contributed by atoms with E-state index in [0.717, 1.165) is 34.0 Å². The molecule has 0 atom stereocenters. The van der Waals surface area contributed by atoms with Gasteiger partial charge in [-0.05, 0) is 25.5 Å². The molecular weight excluding hydrogens is 304 g/mol. The summed E-state index contributed by atoms with van der Waals surface area (Å²) in [5, 5.41) is 6.45. The summed E-state index contributed by atoms with van der Waals surface area (Å²) in [6.07, 6.45) is 0. The number of aryl methyl sites for hydroxylation is 1. The molecule has 0 aliphatic carbocycles. The zero-order chi connectivity index (χ0) is 13.8. The molecule has 0 aliphatic rings. The van der Waals surface area contributed by atoms with Gasteiger partial charge in [-0.3, -0.25) is 0 Å². The van der Waals surface area contributed by atoms with Crippen molar-refractivity contribution < 1.29 is 0 Å². The molecule has 2 N–H and O–H groups in total. The van der Waals surface area contributed by atoms with E-state index in [1.54, 1.807) is 0 Å². The summed E-state index contributed by atoms with van der Waals surface area (Å²) in [4.78, 5) is 8.80. The lowest BCUT2D eigenvalue weighted by Crippen LogP contribution is -2.08. The fourth-order valence-corrected chi connectivity index (χ4v) is 2.29. The molecule has 0 aliphatic heterocycles. The minimum atomic E-state index is 0.724.